The number of aryl methyl sites for hydroxylation is 1. The second-order valence-electron chi connectivity index (χ2n) is 8.41. The zero-order valence-corrected chi connectivity index (χ0v) is 19.1. The van der Waals surface area contributed by atoms with Gasteiger partial charge in [-0.1, -0.05) is 17.7 Å². The topological polar surface area (TPSA) is 58.4 Å². The van der Waals surface area contributed by atoms with Crippen LogP contribution in [-0.4, -0.2) is 57.6 Å². The highest BCUT2D eigenvalue weighted by molar-refractivity contribution is 7.20. The minimum absolute atomic E-state index is 0.0466. The van der Waals surface area contributed by atoms with E-state index in [4.69, 9.17) is 11.6 Å². The van der Waals surface area contributed by atoms with Gasteiger partial charge in [0.1, 0.15) is 4.83 Å². The second kappa shape index (κ2) is 8.28. The van der Waals surface area contributed by atoms with Gasteiger partial charge in [0, 0.05) is 42.5 Å². The van der Waals surface area contributed by atoms with E-state index in [1.165, 1.54) is 11.3 Å². The van der Waals surface area contributed by atoms with E-state index in [9.17, 15) is 9.59 Å². The number of carbonyl (C=O) groups excluding carboxylic acids is 2. The average molecular weight is 457 g/mol. The third kappa shape index (κ3) is 3.85. The van der Waals surface area contributed by atoms with Crippen LogP contribution in [0, 0.1) is 12.8 Å². The number of carbonyl (C=O) groups is 2. The molecule has 0 atom stereocenters. The molecule has 2 aromatic heterocycles. The largest absolute Gasteiger partial charge is 0.342 e. The van der Waals surface area contributed by atoms with Gasteiger partial charge in [0.15, 0.2) is 0 Å². The maximum absolute atomic E-state index is 13.2. The molecule has 6 nitrogen and oxygen atoms in total. The van der Waals surface area contributed by atoms with Crippen LogP contribution in [0.15, 0.2) is 30.3 Å². The fraction of sp³-hybridized carbons (Fsp3) is 0.435. The minimum atomic E-state index is 0.0466. The van der Waals surface area contributed by atoms with E-state index in [0.717, 1.165) is 65.2 Å². The lowest BCUT2D eigenvalue weighted by Gasteiger charge is -2.33. The van der Waals surface area contributed by atoms with Gasteiger partial charge in [-0.25, -0.2) is 4.68 Å². The number of hydrogen-bond donors (Lipinski definition) is 0. The molecule has 4 heterocycles. The first-order valence-electron chi connectivity index (χ1n) is 10.8. The van der Waals surface area contributed by atoms with E-state index >= 15 is 0 Å². The van der Waals surface area contributed by atoms with Gasteiger partial charge >= 0.3 is 0 Å². The summed E-state index contributed by atoms with van der Waals surface area (Å²) in [6.45, 7) is 5.01. The number of aromatic nitrogens is 2. The summed E-state index contributed by atoms with van der Waals surface area (Å²) in [5, 5.41) is 6.29. The fourth-order valence-electron chi connectivity index (χ4n) is 4.62. The number of fused-ring (bicyclic) bond motifs is 1. The van der Waals surface area contributed by atoms with Crippen molar-refractivity contribution in [3.63, 3.8) is 0 Å². The van der Waals surface area contributed by atoms with Crippen molar-refractivity contribution >= 4 is 45.0 Å². The highest BCUT2D eigenvalue weighted by Gasteiger charge is 2.32. The lowest BCUT2D eigenvalue weighted by molar-refractivity contribution is -0.135. The molecule has 2 saturated heterocycles. The van der Waals surface area contributed by atoms with Gasteiger partial charge in [-0.3, -0.25) is 9.59 Å². The number of thiophene rings is 1. The van der Waals surface area contributed by atoms with Crippen molar-refractivity contribution in [2.24, 2.45) is 5.92 Å². The second-order valence-corrected chi connectivity index (χ2v) is 9.87. The van der Waals surface area contributed by atoms with Crippen molar-refractivity contribution in [3.05, 3.63) is 45.9 Å². The Bertz CT molecular complexity index is 1140. The number of benzene rings is 1. The molecule has 31 heavy (non-hydrogen) atoms. The third-order valence-electron chi connectivity index (χ3n) is 6.36. The molecule has 0 bridgehead atoms. The molecule has 8 heteroatoms. The first-order valence-corrected chi connectivity index (χ1v) is 12.0. The van der Waals surface area contributed by atoms with Crippen LogP contribution in [0.5, 0.6) is 0 Å². The number of likely N-dealkylation sites (tertiary alicyclic amines) is 2. The third-order valence-corrected chi connectivity index (χ3v) is 7.69. The van der Waals surface area contributed by atoms with E-state index < -0.39 is 0 Å². The van der Waals surface area contributed by atoms with Gasteiger partial charge in [-0.2, -0.15) is 5.10 Å². The van der Waals surface area contributed by atoms with Gasteiger partial charge in [0.2, 0.25) is 5.91 Å². The van der Waals surface area contributed by atoms with E-state index in [0.29, 0.717) is 18.1 Å². The Balaban J connectivity index is 1.33. The Labute approximate surface area is 190 Å². The first-order chi connectivity index (χ1) is 15.0. The summed E-state index contributed by atoms with van der Waals surface area (Å²) < 4.78 is 1.86. The van der Waals surface area contributed by atoms with Gasteiger partial charge in [-0.15, -0.1) is 11.3 Å². The van der Waals surface area contributed by atoms with Crippen LogP contribution in [0.1, 0.15) is 41.0 Å². The lowest BCUT2D eigenvalue weighted by atomic mass is 9.95. The van der Waals surface area contributed by atoms with Gasteiger partial charge in [-0.05, 0) is 56.9 Å². The summed E-state index contributed by atoms with van der Waals surface area (Å²) in [7, 11) is 0. The van der Waals surface area contributed by atoms with Gasteiger partial charge in [0.05, 0.1) is 16.3 Å². The zero-order chi connectivity index (χ0) is 21.5. The fourth-order valence-corrected chi connectivity index (χ4v) is 5.95. The smallest absolute Gasteiger partial charge is 0.264 e. The maximum Gasteiger partial charge on any atom is 0.264 e. The Morgan fingerprint density at radius 3 is 2.52 bits per heavy atom. The van der Waals surface area contributed by atoms with E-state index in [1.54, 1.807) is 0 Å². The van der Waals surface area contributed by atoms with Gasteiger partial charge < -0.3 is 9.80 Å². The molecule has 162 valence electrons. The quantitative estimate of drug-likeness (QED) is 0.582. The molecule has 0 unspecified atom stereocenters. The molecule has 2 aliphatic rings. The summed E-state index contributed by atoms with van der Waals surface area (Å²) in [6, 6.07) is 9.51. The minimum Gasteiger partial charge on any atom is -0.342 e. The van der Waals surface area contributed by atoms with E-state index in [-0.39, 0.29) is 17.7 Å². The predicted octanol–water partition coefficient (Wildman–Crippen LogP) is 4.52. The summed E-state index contributed by atoms with van der Waals surface area (Å²) >= 11 is 7.63. The van der Waals surface area contributed by atoms with E-state index in [2.05, 4.69) is 5.10 Å². The Morgan fingerprint density at radius 2 is 1.81 bits per heavy atom. The Hall–Kier alpha value is -2.38. The molecule has 2 fully saturated rings. The lowest BCUT2D eigenvalue weighted by Crippen LogP contribution is -2.43. The number of hydrogen-bond acceptors (Lipinski definition) is 4. The van der Waals surface area contributed by atoms with Crippen molar-refractivity contribution in [2.45, 2.75) is 32.6 Å². The molecular formula is C23H25ClN4O2S. The van der Waals surface area contributed by atoms with Crippen molar-refractivity contribution in [2.75, 3.05) is 26.2 Å². The molecule has 3 aromatic rings. The monoisotopic (exact) mass is 456 g/mol. The Morgan fingerprint density at radius 1 is 1.06 bits per heavy atom. The molecule has 2 amide bonds. The number of piperidine rings is 1. The van der Waals surface area contributed by atoms with Crippen LogP contribution < -0.4 is 0 Å². The van der Waals surface area contributed by atoms with E-state index in [1.807, 2.05) is 51.7 Å². The molecule has 0 aliphatic carbocycles. The van der Waals surface area contributed by atoms with Crippen LogP contribution in [-0.2, 0) is 4.79 Å². The summed E-state index contributed by atoms with van der Waals surface area (Å²) in [5.74, 6) is 0.386. The number of rotatable bonds is 3. The average Bonchev–Trinajstić information content (AvgIpc) is 3.52. The van der Waals surface area contributed by atoms with Gasteiger partial charge in [0.25, 0.3) is 5.91 Å². The van der Waals surface area contributed by atoms with Crippen LogP contribution in [0.25, 0.3) is 15.9 Å². The molecule has 2 aliphatic heterocycles. The van der Waals surface area contributed by atoms with Crippen LogP contribution in [0.3, 0.4) is 0 Å². The van der Waals surface area contributed by atoms with Crippen molar-refractivity contribution in [1.29, 1.82) is 0 Å². The maximum atomic E-state index is 13.2. The highest BCUT2D eigenvalue weighted by atomic mass is 35.5. The summed E-state index contributed by atoms with van der Waals surface area (Å²) in [6.07, 6.45) is 3.73. The summed E-state index contributed by atoms with van der Waals surface area (Å²) in [5.41, 5.74) is 1.77. The number of nitrogens with zero attached hydrogens (tertiary/aromatic N) is 4. The highest BCUT2D eigenvalue weighted by Crippen LogP contribution is 2.32. The standard InChI is InChI=1S/C23H25ClN4O2S/c1-15-19-14-20(31-23(19)28(25-15)18-6-4-5-17(24)13-18)22(30)27-11-7-16(8-12-27)21(29)26-9-2-3-10-26/h4-6,13-14,16H,2-3,7-12H2,1H3. The normalized spacial score (nSPS) is 17.6. The van der Waals surface area contributed by atoms with Crippen LogP contribution in [0.2, 0.25) is 5.02 Å². The molecule has 0 radical (unpaired) electrons. The molecule has 0 spiro atoms. The molecule has 0 N–H and O–H groups in total. The number of halogens is 1. The first kappa shape index (κ1) is 20.5. The number of amides is 2. The van der Waals surface area contributed by atoms with Crippen LogP contribution in [0.4, 0.5) is 0 Å². The predicted molar refractivity (Wildman–Crippen MR) is 123 cm³/mol. The molecule has 0 saturated carbocycles. The molecule has 1 aromatic carbocycles. The van der Waals surface area contributed by atoms with Crippen molar-refractivity contribution in [1.82, 2.24) is 19.6 Å². The van der Waals surface area contributed by atoms with Crippen LogP contribution >= 0.6 is 22.9 Å². The zero-order valence-electron chi connectivity index (χ0n) is 17.5. The SMILES string of the molecule is Cc1nn(-c2cccc(Cl)c2)c2sc(C(=O)N3CCC(C(=O)N4CCCC4)CC3)cc12. The van der Waals surface area contributed by atoms with Crippen molar-refractivity contribution in [3.8, 4) is 5.69 Å². The molecule has 5 rings (SSSR count). The summed E-state index contributed by atoms with van der Waals surface area (Å²) in [4.78, 5) is 31.4. The Kier molecular flexibility index (Phi) is 5.48. The van der Waals surface area contributed by atoms with Crippen molar-refractivity contribution < 1.29 is 9.59 Å². The molecular weight excluding hydrogens is 432 g/mol.